The predicted molar refractivity (Wildman–Crippen MR) is 121 cm³/mol. The quantitative estimate of drug-likeness (QED) is 0.483. The lowest BCUT2D eigenvalue weighted by atomic mass is 10.1. The number of nitrogens with one attached hydrogen (secondary N) is 4. The molecule has 0 saturated carbocycles. The van der Waals surface area contributed by atoms with Crippen molar-refractivity contribution < 1.29 is 4.79 Å². The Morgan fingerprint density at radius 1 is 1.27 bits per heavy atom. The van der Waals surface area contributed by atoms with Crippen LogP contribution in [0.2, 0.25) is 5.02 Å². The van der Waals surface area contributed by atoms with Gasteiger partial charge in [-0.05, 0) is 64.3 Å². The normalized spacial score (nSPS) is 15.4. The van der Waals surface area contributed by atoms with Gasteiger partial charge in [-0.15, -0.1) is 0 Å². The molecule has 0 bridgehead atoms. The molecule has 9 heteroatoms. The molecule has 0 atom stereocenters. The minimum Gasteiger partial charge on any atom is -0.379 e. The molecule has 3 heterocycles. The molecule has 158 valence electrons. The average Bonchev–Trinajstić information content (AvgIpc) is 3.17. The Hall–Kier alpha value is -2.68. The minimum atomic E-state index is -0.0857. The lowest BCUT2D eigenvalue weighted by Gasteiger charge is -2.30. The fourth-order valence-electron chi connectivity index (χ4n) is 3.65. The molecule has 1 aliphatic heterocycles. The first-order valence-corrected chi connectivity index (χ1v) is 10.5. The number of anilines is 2. The lowest BCUT2D eigenvalue weighted by molar-refractivity contribution is -0.115. The van der Waals surface area contributed by atoms with Gasteiger partial charge >= 0.3 is 0 Å². The zero-order chi connectivity index (χ0) is 21.1. The number of aromatic amines is 1. The number of piperidine rings is 1. The van der Waals surface area contributed by atoms with Crippen molar-refractivity contribution in [3.63, 3.8) is 0 Å². The van der Waals surface area contributed by atoms with E-state index in [4.69, 9.17) is 11.6 Å². The van der Waals surface area contributed by atoms with E-state index >= 15 is 0 Å². The second kappa shape index (κ2) is 8.99. The molecule has 3 aromatic rings. The van der Waals surface area contributed by atoms with Crippen molar-refractivity contribution in [1.29, 1.82) is 0 Å². The fraction of sp³-hybridized carbons (Fsp3) is 0.381. The first-order chi connectivity index (χ1) is 14.5. The first-order valence-electron chi connectivity index (χ1n) is 10.1. The Balaban J connectivity index is 1.56. The summed E-state index contributed by atoms with van der Waals surface area (Å²) in [5.41, 5.74) is 3.92. The van der Waals surface area contributed by atoms with Gasteiger partial charge in [-0.3, -0.25) is 4.79 Å². The zero-order valence-corrected chi connectivity index (χ0v) is 17.9. The molecule has 0 radical (unpaired) electrons. The van der Waals surface area contributed by atoms with Gasteiger partial charge in [0.2, 0.25) is 5.91 Å². The Labute approximate surface area is 180 Å². The zero-order valence-electron chi connectivity index (χ0n) is 17.1. The summed E-state index contributed by atoms with van der Waals surface area (Å²) in [6.07, 6.45) is 3.78. The summed E-state index contributed by atoms with van der Waals surface area (Å²) in [5, 5.41) is 9.85. The molecule has 1 amide bonds. The van der Waals surface area contributed by atoms with Crippen LogP contribution in [0, 0.1) is 0 Å². The van der Waals surface area contributed by atoms with Crippen molar-refractivity contribution in [2.24, 2.45) is 0 Å². The molecule has 2 aromatic heterocycles. The maximum absolute atomic E-state index is 11.7. The molecule has 1 aromatic carbocycles. The molecule has 0 unspecified atom stereocenters. The van der Waals surface area contributed by atoms with Crippen LogP contribution in [0.25, 0.3) is 22.6 Å². The summed E-state index contributed by atoms with van der Waals surface area (Å²) >= 11 is 6.47. The second-order valence-corrected chi connectivity index (χ2v) is 8.05. The smallest absolute Gasteiger partial charge is 0.238 e. The fourth-order valence-corrected chi connectivity index (χ4v) is 3.84. The van der Waals surface area contributed by atoms with Crippen molar-refractivity contribution in [2.45, 2.75) is 18.9 Å². The van der Waals surface area contributed by atoms with Crippen LogP contribution in [-0.4, -0.2) is 65.5 Å². The van der Waals surface area contributed by atoms with Crippen LogP contribution in [-0.2, 0) is 4.79 Å². The third kappa shape index (κ3) is 4.56. The van der Waals surface area contributed by atoms with Crippen molar-refractivity contribution in [1.82, 2.24) is 25.2 Å². The summed E-state index contributed by atoms with van der Waals surface area (Å²) in [4.78, 5) is 26.4. The molecular weight excluding hydrogens is 402 g/mol. The molecular formula is C21H26ClN7O. The molecule has 30 heavy (non-hydrogen) atoms. The van der Waals surface area contributed by atoms with Crippen LogP contribution in [0.4, 0.5) is 11.4 Å². The first kappa shape index (κ1) is 20.6. The van der Waals surface area contributed by atoms with Gasteiger partial charge in [-0.2, -0.15) is 0 Å². The van der Waals surface area contributed by atoms with Crippen molar-refractivity contribution in [3.05, 3.63) is 35.5 Å². The number of fused-ring (bicyclic) bond motifs is 1. The molecule has 1 aliphatic rings. The highest BCUT2D eigenvalue weighted by atomic mass is 35.5. The van der Waals surface area contributed by atoms with E-state index in [-0.39, 0.29) is 12.5 Å². The van der Waals surface area contributed by atoms with E-state index in [9.17, 15) is 4.79 Å². The van der Waals surface area contributed by atoms with Crippen molar-refractivity contribution in [3.8, 4) is 11.4 Å². The maximum atomic E-state index is 11.7. The molecule has 8 nitrogen and oxygen atoms in total. The Bertz CT molecular complexity index is 1030. The molecule has 4 N–H and O–H groups in total. The van der Waals surface area contributed by atoms with E-state index in [1.165, 1.54) is 0 Å². The second-order valence-electron chi connectivity index (χ2n) is 7.64. The summed E-state index contributed by atoms with van der Waals surface area (Å²) < 4.78 is 0. The molecule has 1 saturated heterocycles. The van der Waals surface area contributed by atoms with Gasteiger partial charge in [0.1, 0.15) is 11.3 Å². The number of likely N-dealkylation sites (tertiary alicyclic amines) is 1. The molecule has 1 fully saturated rings. The number of carbonyl (C=O) groups is 1. The summed E-state index contributed by atoms with van der Waals surface area (Å²) in [7, 11) is 3.88. The van der Waals surface area contributed by atoms with E-state index in [1.807, 2.05) is 24.3 Å². The standard InChI is InChI=1S/C21H26ClN7O/c1-23-12-17(30)25-14-5-3-13(4-6-14)20-27-19-18(16(22)11-24-21(19)28-20)26-15-7-9-29(2)10-8-15/h3-6,11,15,23H,7-10,12H2,1-2H3,(H,25,30)(H2,24,26,27,28). The summed E-state index contributed by atoms with van der Waals surface area (Å²) in [6, 6.07) is 7.91. The summed E-state index contributed by atoms with van der Waals surface area (Å²) in [5.74, 6) is 0.622. The van der Waals surface area contributed by atoms with Crippen molar-refractivity contribution in [2.75, 3.05) is 44.4 Å². The largest absolute Gasteiger partial charge is 0.379 e. The predicted octanol–water partition coefficient (Wildman–Crippen LogP) is 2.94. The Morgan fingerprint density at radius 2 is 2.00 bits per heavy atom. The number of H-pyrrole nitrogens is 1. The number of amides is 1. The third-order valence-electron chi connectivity index (χ3n) is 5.32. The van der Waals surface area contributed by atoms with Crippen LogP contribution in [0.5, 0.6) is 0 Å². The van der Waals surface area contributed by atoms with E-state index in [2.05, 4.69) is 42.8 Å². The van der Waals surface area contributed by atoms with Gasteiger partial charge in [0, 0.05) is 17.3 Å². The molecule has 0 spiro atoms. The van der Waals surface area contributed by atoms with Crippen LogP contribution in [0.3, 0.4) is 0 Å². The van der Waals surface area contributed by atoms with Crippen LogP contribution >= 0.6 is 11.6 Å². The molecule has 4 rings (SSSR count). The van der Waals surface area contributed by atoms with Crippen LogP contribution in [0.15, 0.2) is 30.5 Å². The number of halogens is 1. The topological polar surface area (TPSA) is 98.0 Å². The third-order valence-corrected chi connectivity index (χ3v) is 5.61. The SMILES string of the molecule is CNCC(=O)Nc1ccc(-c2nc3ncc(Cl)c(NC4CCN(C)CC4)c3[nH]2)cc1. The van der Waals surface area contributed by atoms with Gasteiger partial charge in [0.25, 0.3) is 0 Å². The number of hydrogen-bond donors (Lipinski definition) is 4. The van der Waals surface area contributed by atoms with Gasteiger partial charge in [-0.1, -0.05) is 11.6 Å². The lowest BCUT2D eigenvalue weighted by Crippen LogP contribution is -2.36. The van der Waals surface area contributed by atoms with E-state index in [0.717, 1.165) is 48.4 Å². The highest BCUT2D eigenvalue weighted by molar-refractivity contribution is 6.34. The van der Waals surface area contributed by atoms with Gasteiger partial charge in [-0.25, -0.2) is 9.97 Å². The number of benzene rings is 1. The highest BCUT2D eigenvalue weighted by Gasteiger charge is 2.20. The number of nitrogens with zero attached hydrogens (tertiary/aromatic N) is 3. The number of rotatable bonds is 6. The van der Waals surface area contributed by atoms with E-state index in [1.54, 1.807) is 13.2 Å². The number of hydrogen-bond acceptors (Lipinski definition) is 6. The summed E-state index contributed by atoms with van der Waals surface area (Å²) in [6.45, 7) is 2.40. The number of pyridine rings is 1. The van der Waals surface area contributed by atoms with Crippen molar-refractivity contribution >= 4 is 40.0 Å². The number of aromatic nitrogens is 3. The van der Waals surface area contributed by atoms with Gasteiger partial charge in [0.05, 0.1) is 23.5 Å². The van der Waals surface area contributed by atoms with Crippen LogP contribution in [0.1, 0.15) is 12.8 Å². The molecule has 0 aliphatic carbocycles. The highest BCUT2D eigenvalue weighted by Crippen LogP contribution is 2.32. The van der Waals surface area contributed by atoms with E-state index in [0.29, 0.717) is 22.5 Å². The number of imidazole rings is 1. The van der Waals surface area contributed by atoms with Gasteiger partial charge in [0.15, 0.2) is 5.65 Å². The van der Waals surface area contributed by atoms with Crippen LogP contribution < -0.4 is 16.0 Å². The minimum absolute atomic E-state index is 0.0857. The number of carbonyl (C=O) groups excluding carboxylic acids is 1. The van der Waals surface area contributed by atoms with E-state index < -0.39 is 0 Å². The number of likely N-dealkylation sites (N-methyl/N-ethyl adjacent to an activating group) is 1. The Morgan fingerprint density at radius 3 is 2.70 bits per heavy atom. The monoisotopic (exact) mass is 427 g/mol. The Kier molecular flexibility index (Phi) is 6.17. The van der Waals surface area contributed by atoms with Gasteiger partial charge < -0.3 is 25.8 Å². The average molecular weight is 428 g/mol. The maximum Gasteiger partial charge on any atom is 0.238 e.